The minimum absolute atomic E-state index is 0.118. The Hall–Kier alpha value is -3.89. The summed E-state index contributed by atoms with van der Waals surface area (Å²) in [5.41, 5.74) is 2.13. The summed E-state index contributed by atoms with van der Waals surface area (Å²) in [7, 11) is 0. The zero-order valence-corrected chi connectivity index (χ0v) is 22.8. The molecule has 0 aliphatic carbocycles. The molecule has 10 heteroatoms. The number of thiazole rings is 1. The molecule has 1 unspecified atom stereocenters. The number of ether oxygens (including phenoxy) is 3. The molecule has 0 saturated heterocycles. The zero-order valence-electron chi connectivity index (χ0n) is 20.4. The predicted molar refractivity (Wildman–Crippen MR) is 145 cm³/mol. The van der Waals surface area contributed by atoms with Gasteiger partial charge in [-0.15, -0.1) is 0 Å². The second-order valence-corrected chi connectivity index (χ2v) is 10.5. The van der Waals surface area contributed by atoms with Gasteiger partial charge in [-0.25, -0.2) is 9.79 Å². The van der Waals surface area contributed by atoms with E-state index in [2.05, 4.69) is 20.9 Å². The number of benzene rings is 2. The van der Waals surface area contributed by atoms with Crippen LogP contribution in [0.1, 0.15) is 31.2 Å². The highest BCUT2D eigenvalue weighted by molar-refractivity contribution is 9.10. The lowest BCUT2D eigenvalue weighted by Gasteiger charge is -2.24. The van der Waals surface area contributed by atoms with Gasteiger partial charge in [0.15, 0.2) is 16.3 Å². The topological polar surface area (TPSA) is 92.3 Å². The lowest BCUT2D eigenvalue weighted by Crippen LogP contribution is -2.39. The van der Waals surface area contributed by atoms with Crippen LogP contribution >= 0.6 is 27.3 Å². The molecule has 1 atom stereocenters. The first-order chi connectivity index (χ1) is 18.4. The number of nitrogens with zero attached hydrogens (tertiary/aromatic N) is 2. The molecule has 0 amide bonds. The van der Waals surface area contributed by atoms with Gasteiger partial charge in [-0.05, 0) is 55.8 Å². The van der Waals surface area contributed by atoms with Gasteiger partial charge < -0.3 is 18.6 Å². The van der Waals surface area contributed by atoms with E-state index >= 15 is 0 Å². The molecule has 2 aromatic carbocycles. The van der Waals surface area contributed by atoms with Crippen LogP contribution in [-0.2, 0) is 9.53 Å². The molecule has 0 spiro atoms. The Balaban J connectivity index is 1.47. The van der Waals surface area contributed by atoms with Gasteiger partial charge >= 0.3 is 5.97 Å². The molecule has 2 aliphatic rings. The van der Waals surface area contributed by atoms with E-state index in [9.17, 15) is 9.59 Å². The van der Waals surface area contributed by atoms with Crippen LogP contribution < -0.4 is 24.4 Å². The number of hydrogen-bond acceptors (Lipinski definition) is 8. The van der Waals surface area contributed by atoms with Crippen molar-refractivity contribution >= 4 is 39.3 Å². The maximum absolute atomic E-state index is 13.8. The molecule has 6 rings (SSSR count). The van der Waals surface area contributed by atoms with Crippen molar-refractivity contribution in [3.8, 4) is 22.8 Å². The lowest BCUT2D eigenvalue weighted by molar-refractivity contribution is -0.139. The smallest absolute Gasteiger partial charge is 0.338 e. The highest BCUT2D eigenvalue weighted by Crippen LogP contribution is 2.38. The largest absolute Gasteiger partial charge is 0.463 e. The standard InChI is InChI=1S/C28H21BrN2O6S/c1-3-34-27(33)24-15(2)30-28-31(25(24)17-6-10-21-22(12-17)36-14-35-21)26(32)23(38-28)13-19-9-11-20(37-19)16-4-7-18(29)8-5-16/h4-13,25H,3,14H2,1-2H3/b23-13-. The number of halogens is 1. The van der Waals surface area contributed by atoms with Crippen molar-refractivity contribution in [2.75, 3.05) is 13.4 Å². The molecule has 8 nitrogen and oxygen atoms in total. The van der Waals surface area contributed by atoms with Gasteiger partial charge in [0, 0.05) is 16.1 Å². The van der Waals surface area contributed by atoms with Gasteiger partial charge in [0.25, 0.3) is 5.56 Å². The normalized spacial score (nSPS) is 16.4. The maximum Gasteiger partial charge on any atom is 0.338 e. The molecule has 2 aliphatic heterocycles. The Bertz CT molecular complexity index is 1780. The molecule has 0 radical (unpaired) electrons. The van der Waals surface area contributed by atoms with E-state index < -0.39 is 12.0 Å². The summed E-state index contributed by atoms with van der Waals surface area (Å²) in [5, 5.41) is 0. The third-order valence-corrected chi connectivity index (χ3v) is 7.77. The van der Waals surface area contributed by atoms with Gasteiger partial charge in [0.2, 0.25) is 6.79 Å². The number of esters is 1. The minimum atomic E-state index is -0.739. The summed E-state index contributed by atoms with van der Waals surface area (Å²) in [6, 6.07) is 16.1. The maximum atomic E-state index is 13.8. The first-order valence-electron chi connectivity index (χ1n) is 11.9. The molecule has 2 aromatic heterocycles. The fourth-order valence-electron chi connectivity index (χ4n) is 4.52. The summed E-state index contributed by atoms with van der Waals surface area (Å²) in [4.78, 5) is 31.9. The molecule has 38 heavy (non-hydrogen) atoms. The number of hydrogen-bond donors (Lipinski definition) is 0. The fourth-order valence-corrected chi connectivity index (χ4v) is 5.81. The Labute approximate surface area is 229 Å². The van der Waals surface area contributed by atoms with Crippen LogP contribution in [0.5, 0.6) is 11.5 Å². The Morgan fingerprint density at radius 2 is 1.95 bits per heavy atom. The fraction of sp³-hybridized carbons (Fsp3) is 0.179. The van der Waals surface area contributed by atoms with Gasteiger partial charge in [0.05, 0.1) is 28.5 Å². The minimum Gasteiger partial charge on any atom is -0.463 e. The molecule has 4 aromatic rings. The first kappa shape index (κ1) is 24.4. The number of rotatable bonds is 5. The lowest BCUT2D eigenvalue weighted by atomic mass is 9.95. The summed E-state index contributed by atoms with van der Waals surface area (Å²) >= 11 is 4.68. The SMILES string of the molecule is CCOC(=O)C1=C(C)N=c2s/c(=C\c3ccc(-c4ccc(Br)cc4)o3)c(=O)n2C1c1ccc2c(c1)OCO2. The van der Waals surface area contributed by atoms with Crippen molar-refractivity contribution in [1.29, 1.82) is 0 Å². The van der Waals surface area contributed by atoms with Gasteiger partial charge in [-0.3, -0.25) is 9.36 Å². The van der Waals surface area contributed by atoms with Crippen molar-refractivity contribution in [1.82, 2.24) is 4.57 Å². The highest BCUT2D eigenvalue weighted by Gasteiger charge is 2.34. The molecule has 0 fully saturated rings. The second kappa shape index (κ2) is 9.77. The van der Waals surface area contributed by atoms with E-state index in [4.69, 9.17) is 18.6 Å². The van der Waals surface area contributed by atoms with Crippen molar-refractivity contribution in [3.63, 3.8) is 0 Å². The Morgan fingerprint density at radius 1 is 1.16 bits per heavy atom. The van der Waals surface area contributed by atoms with Crippen molar-refractivity contribution < 1.29 is 23.4 Å². The second-order valence-electron chi connectivity index (χ2n) is 8.62. The third-order valence-electron chi connectivity index (χ3n) is 6.26. The van der Waals surface area contributed by atoms with Crippen LogP contribution in [-0.4, -0.2) is 23.9 Å². The molecule has 192 valence electrons. The molecule has 0 bridgehead atoms. The number of allylic oxidation sites excluding steroid dienone is 1. The summed E-state index contributed by atoms with van der Waals surface area (Å²) in [5.74, 6) is 1.87. The van der Waals surface area contributed by atoms with Crippen LogP contribution in [0.15, 0.2) is 84.5 Å². The van der Waals surface area contributed by atoms with Crippen LogP contribution in [0.4, 0.5) is 0 Å². The summed E-state index contributed by atoms with van der Waals surface area (Å²) in [6.45, 7) is 3.81. The van der Waals surface area contributed by atoms with Crippen LogP contribution in [0.25, 0.3) is 17.4 Å². The van der Waals surface area contributed by atoms with Gasteiger partial charge in [-0.2, -0.15) is 0 Å². The quantitative estimate of drug-likeness (QED) is 0.316. The van der Waals surface area contributed by atoms with Crippen molar-refractivity contribution in [3.05, 3.63) is 101 Å². The third kappa shape index (κ3) is 4.29. The van der Waals surface area contributed by atoms with Crippen molar-refractivity contribution in [2.24, 2.45) is 4.99 Å². The Kier molecular flexibility index (Phi) is 6.29. The van der Waals surface area contributed by atoms with Crippen LogP contribution in [0.2, 0.25) is 0 Å². The Morgan fingerprint density at radius 3 is 2.74 bits per heavy atom. The number of furan rings is 1. The van der Waals surface area contributed by atoms with E-state index in [0.717, 1.165) is 10.0 Å². The zero-order chi connectivity index (χ0) is 26.4. The first-order valence-corrected chi connectivity index (χ1v) is 13.5. The van der Waals surface area contributed by atoms with Crippen LogP contribution in [0.3, 0.4) is 0 Å². The average molecular weight is 593 g/mol. The van der Waals surface area contributed by atoms with E-state index in [1.165, 1.54) is 15.9 Å². The number of carbonyl (C=O) groups is 1. The highest BCUT2D eigenvalue weighted by atomic mass is 79.9. The predicted octanol–water partition coefficient (Wildman–Crippen LogP) is 4.55. The van der Waals surface area contributed by atoms with Gasteiger partial charge in [-0.1, -0.05) is 45.5 Å². The molecule has 0 N–H and O–H groups in total. The van der Waals surface area contributed by atoms with E-state index in [1.807, 2.05) is 42.5 Å². The summed E-state index contributed by atoms with van der Waals surface area (Å²) in [6.07, 6.45) is 1.70. The summed E-state index contributed by atoms with van der Waals surface area (Å²) < 4.78 is 25.3. The average Bonchev–Trinajstić information content (AvgIpc) is 3.63. The molecule has 4 heterocycles. The molecular weight excluding hydrogens is 572 g/mol. The van der Waals surface area contributed by atoms with Crippen LogP contribution in [0, 0.1) is 0 Å². The van der Waals surface area contributed by atoms with E-state index in [1.54, 1.807) is 32.1 Å². The van der Waals surface area contributed by atoms with E-state index in [0.29, 0.717) is 49.2 Å². The molecular formula is C28H21BrN2O6S. The van der Waals surface area contributed by atoms with E-state index in [-0.39, 0.29) is 19.0 Å². The monoisotopic (exact) mass is 592 g/mol. The number of fused-ring (bicyclic) bond motifs is 2. The molecule has 0 saturated carbocycles. The number of carbonyl (C=O) groups excluding carboxylic acids is 1. The number of aromatic nitrogens is 1. The van der Waals surface area contributed by atoms with Gasteiger partial charge in [0.1, 0.15) is 11.5 Å². The van der Waals surface area contributed by atoms with Crippen molar-refractivity contribution in [2.45, 2.75) is 19.9 Å².